The van der Waals surface area contributed by atoms with Crippen LogP contribution in [0.25, 0.3) is 0 Å². The van der Waals surface area contributed by atoms with Crippen molar-refractivity contribution in [2.45, 2.75) is 56.5 Å². The first-order valence-corrected chi connectivity index (χ1v) is 9.43. The van der Waals surface area contributed by atoms with E-state index < -0.39 is 40.7 Å². The van der Waals surface area contributed by atoms with E-state index in [1.54, 1.807) is 0 Å². The summed E-state index contributed by atoms with van der Waals surface area (Å²) in [7, 11) is 0.940. The molecule has 2 atom stereocenters. The molecule has 1 aliphatic carbocycles. The van der Waals surface area contributed by atoms with Gasteiger partial charge in [-0.15, -0.1) is 0 Å². The molecule has 0 unspecified atom stereocenters. The van der Waals surface area contributed by atoms with Crippen LogP contribution in [0, 0.1) is 0 Å². The van der Waals surface area contributed by atoms with Gasteiger partial charge in [0, 0.05) is 12.1 Å². The number of rotatable bonds is 4. The maximum Gasteiger partial charge on any atom is 0.417 e. The smallest absolute Gasteiger partial charge is 0.417 e. The molecule has 1 aliphatic heterocycles. The normalized spacial score (nSPS) is 23.4. The van der Waals surface area contributed by atoms with Gasteiger partial charge in [-0.2, -0.15) is 26.3 Å². The predicted molar refractivity (Wildman–Crippen MR) is 92.7 cm³/mol. The molecule has 10 heteroatoms. The summed E-state index contributed by atoms with van der Waals surface area (Å²) in [4.78, 5) is 15.0. The van der Waals surface area contributed by atoms with Crippen LogP contribution in [0.4, 0.5) is 26.3 Å². The minimum Gasteiger partial charge on any atom is -0.496 e. The van der Waals surface area contributed by atoms with Gasteiger partial charge in [0.05, 0.1) is 23.8 Å². The molecule has 29 heavy (non-hydrogen) atoms. The standard InChI is InChI=1S/C19H22F6N2O2/c1-29-15-10-11(18(20,21)22)9-12(19(23,24)25)16(15)17(28)26-13-5-4-6-14(13)27-7-2-3-8-27/h9-10,13-14H,2-8H2,1H3,(H,26,28)/t13-,14+/m1/s1. The summed E-state index contributed by atoms with van der Waals surface area (Å²) in [5.74, 6) is -1.82. The van der Waals surface area contributed by atoms with Crippen LogP contribution in [-0.2, 0) is 12.4 Å². The van der Waals surface area contributed by atoms with Gasteiger partial charge in [0.15, 0.2) is 0 Å². The Balaban J connectivity index is 1.94. The Hall–Kier alpha value is -1.97. The third-order valence-electron chi connectivity index (χ3n) is 5.59. The van der Waals surface area contributed by atoms with Gasteiger partial charge in [0.2, 0.25) is 0 Å². The molecule has 1 saturated carbocycles. The molecule has 2 aliphatic rings. The van der Waals surface area contributed by atoms with E-state index in [0.29, 0.717) is 12.5 Å². The third-order valence-corrected chi connectivity index (χ3v) is 5.59. The first kappa shape index (κ1) is 21.7. The van der Waals surface area contributed by atoms with E-state index in [1.165, 1.54) is 0 Å². The van der Waals surface area contributed by atoms with Crippen LogP contribution in [0.5, 0.6) is 5.75 Å². The number of alkyl halides is 6. The molecule has 1 heterocycles. The van der Waals surface area contributed by atoms with Crippen molar-refractivity contribution < 1.29 is 35.9 Å². The van der Waals surface area contributed by atoms with Crippen molar-refractivity contribution in [3.63, 3.8) is 0 Å². The lowest BCUT2D eigenvalue weighted by molar-refractivity contribution is -0.143. The molecule has 0 aromatic heterocycles. The van der Waals surface area contributed by atoms with Gasteiger partial charge in [-0.3, -0.25) is 9.69 Å². The number of nitrogens with zero attached hydrogens (tertiary/aromatic N) is 1. The maximum absolute atomic E-state index is 13.5. The number of hydrogen-bond acceptors (Lipinski definition) is 3. The van der Waals surface area contributed by atoms with E-state index in [-0.39, 0.29) is 18.2 Å². The van der Waals surface area contributed by atoms with Crippen molar-refractivity contribution >= 4 is 5.91 Å². The lowest BCUT2D eigenvalue weighted by Gasteiger charge is -2.30. The second kappa shape index (κ2) is 8.04. The molecule has 4 nitrogen and oxygen atoms in total. The Labute approximate surface area is 164 Å². The van der Waals surface area contributed by atoms with Crippen molar-refractivity contribution in [1.29, 1.82) is 0 Å². The molecular weight excluding hydrogens is 402 g/mol. The topological polar surface area (TPSA) is 41.6 Å². The number of ether oxygens (including phenoxy) is 1. The molecule has 1 N–H and O–H groups in total. The summed E-state index contributed by atoms with van der Waals surface area (Å²) >= 11 is 0. The van der Waals surface area contributed by atoms with Crippen molar-refractivity contribution in [2.75, 3.05) is 20.2 Å². The number of nitrogens with one attached hydrogen (secondary N) is 1. The van der Waals surface area contributed by atoms with Gasteiger partial charge < -0.3 is 10.1 Å². The van der Waals surface area contributed by atoms with Crippen LogP contribution in [0.1, 0.15) is 53.6 Å². The van der Waals surface area contributed by atoms with Crippen LogP contribution in [0.3, 0.4) is 0 Å². The monoisotopic (exact) mass is 424 g/mol. The zero-order chi connectivity index (χ0) is 21.4. The highest BCUT2D eigenvalue weighted by Gasteiger charge is 2.43. The van der Waals surface area contributed by atoms with E-state index in [4.69, 9.17) is 4.74 Å². The summed E-state index contributed by atoms with van der Waals surface area (Å²) in [6.45, 7) is 1.74. The van der Waals surface area contributed by atoms with Gasteiger partial charge in [-0.05, 0) is 57.3 Å². The molecule has 1 aromatic carbocycles. The lowest BCUT2D eigenvalue weighted by atomic mass is 10.00. The highest BCUT2D eigenvalue weighted by atomic mass is 19.4. The number of benzene rings is 1. The Morgan fingerprint density at radius 3 is 2.24 bits per heavy atom. The number of carbonyl (C=O) groups is 1. The SMILES string of the molecule is COc1cc(C(F)(F)F)cc(C(F)(F)F)c1C(=O)N[C@@H]1CCC[C@@H]1N1CCCC1. The predicted octanol–water partition coefficient (Wildman–Crippen LogP) is 4.48. The fourth-order valence-corrected chi connectivity index (χ4v) is 4.26. The molecule has 0 spiro atoms. The summed E-state index contributed by atoms with van der Waals surface area (Å²) < 4.78 is 84.4. The first-order valence-electron chi connectivity index (χ1n) is 9.43. The summed E-state index contributed by atoms with van der Waals surface area (Å²) in [5.41, 5.74) is -4.09. The van der Waals surface area contributed by atoms with Gasteiger partial charge >= 0.3 is 12.4 Å². The average Bonchev–Trinajstić information content (AvgIpc) is 3.30. The maximum atomic E-state index is 13.5. The molecular formula is C19H22F6N2O2. The second-order valence-electron chi connectivity index (χ2n) is 7.42. The van der Waals surface area contributed by atoms with Crippen LogP contribution >= 0.6 is 0 Å². The minimum absolute atomic E-state index is 0.0243. The summed E-state index contributed by atoms with van der Waals surface area (Å²) in [6, 6.07) is 0.0609. The fraction of sp³-hybridized carbons (Fsp3) is 0.632. The van der Waals surface area contributed by atoms with Crippen molar-refractivity contribution in [2.24, 2.45) is 0 Å². The second-order valence-corrected chi connectivity index (χ2v) is 7.42. The molecule has 3 rings (SSSR count). The Morgan fingerprint density at radius 1 is 1.03 bits per heavy atom. The Morgan fingerprint density at radius 2 is 1.69 bits per heavy atom. The Bertz CT molecular complexity index is 756. The van der Waals surface area contributed by atoms with Gasteiger partial charge in [0.1, 0.15) is 5.75 Å². The van der Waals surface area contributed by atoms with E-state index in [2.05, 4.69) is 10.2 Å². The van der Waals surface area contributed by atoms with E-state index in [0.717, 1.165) is 45.9 Å². The molecule has 162 valence electrons. The zero-order valence-electron chi connectivity index (χ0n) is 15.8. The number of hydrogen-bond donors (Lipinski definition) is 1. The number of carbonyl (C=O) groups excluding carboxylic acids is 1. The number of likely N-dealkylation sites (tertiary alicyclic amines) is 1. The van der Waals surface area contributed by atoms with Crippen molar-refractivity contribution in [3.05, 3.63) is 28.8 Å². The first-order chi connectivity index (χ1) is 13.5. The number of halogens is 6. The highest BCUT2D eigenvalue weighted by Crippen LogP contribution is 2.41. The van der Waals surface area contributed by atoms with Gasteiger partial charge in [-0.25, -0.2) is 0 Å². The average molecular weight is 424 g/mol. The Kier molecular flexibility index (Phi) is 6.03. The summed E-state index contributed by atoms with van der Waals surface area (Å²) in [6.07, 6.45) is -5.84. The molecule has 1 aromatic rings. The van der Waals surface area contributed by atoms with Crippen LogP contribution in [0.15, 0.2) is 12.1 Å². The van der Waals surface area contributed by atoms with Gasteiger partial charge in [-0.1, -0.05) is 0 Å². The molecule has 0 bridgehead atoms. The summed E-state index contributed by atoms with van der Waals surface area (Å²) in [5, 5.41) is 2.63. The van der Waals surface area contributed by atoms with Crippen LogP contribution in [-0.4, -0.2) is 43.1 Å². The number of methoxy groups -OCH3 is 1. The third kappa shape index (κ3) is 4.62. The molecule has 1 amide bonds. The van der Waals surface area contributed by atoms with E-state index in [9.17, 15) is 31.1 Å². The lowest BCUT2D eigenvalue weighted by Crippen LogP contribution is -2.48. The minimum atomic E-state index is -5.15. The van der Waals surface area contributed by atoms with Crippen molar-refractivity contribution in [1.82, 2.24) is 10.2 Å². The van der Waals surface area contributed by atoms with E-state index in [1.807, 2.05) is 0 Å². The van der Waals surface area contributed by atoms with E-state index >= 15 is 0 Å². The van der Waals surface area contributed by atoms with Gasteiger partial charge in [0.25, 0.3) is 5.91 Å². The molecule has 0 radical (unpaired) electrons. The number of amides is 1. The van der Waals surface area contributed by atoms with Crippen molar-refractivity contribution in [3.8, 4) is 5.75 Å². The largest absolute Gasteiger partial charge is 0.496 e. The highest BCUT2D eigenvalue weighted by molar-refractivity contribution is 5.99. The zero-order valence-corrected chi connectivity index (χ0v) is 15.8. The quantitative estimate of drug-likeness (QED) is 0.725. The van der Waals surface area contributed by atoms with Crippen LogP contribution < -0.4 is 10.1 Å². The van der Waals surface area contributed by atoms with Crippen LogP contribution in [0.2, 0.25) is 0 Å². The molecule has 2 fully saturated rings. The fourth-order valence-electron chi connectivity index (χ4n) is 4.26. The molecule has 1 saturated heterocycles.